The molecule has 0 fully saturated rings. The Morgan fingerprint density at radius 3 is 2.83 bits per heavy atom. The first-order valence-electron chi connectivity index (χ1n) is 5.66. The van der Waals surface area contributed by atoms with Gasteiger partial charge in [0, 0.05) is 5.56 Å². The first-order valence-corrected chi connectivity index (χ1v) is 5.66. The molecule has 1 aromatic carbocycles. The Hall–Kier alpha value is -2.08. The zero-order valence-corrected chi connectivity index (χ0v) is 10.3. The lowest BCUT2D eigenvalue weighted by Gasteiger charge is -2.09. The number of ether oxygens (including phenoxy) is 1. The van der Waals surface area contributed by atoms with Crippen molar-refractivity contribution in [3.63, 3.8) is 0 Å². The van der Waals surface area contributed by atoms with Gasteiger partial charge in [-0.3, -0.25) is 0 Å². The number of nitrogens with zero attached hydrogens (tertiary/aromatic N) is 2. The van der Waals surface area contributed by atoms with Gasteiger partial charge >= 0.3 is 0 Å². The number of hydrogen-bond donors (Lipinski definition) is 3. The van der Waals surface area contributed by atoms with E-state index in [0.29, 0.717) is 17.9 Å². The molecule has 0 saturated heterocycles. The van der Waals surface area contributed by atoms with E-state index in [9.17, 15) is 5.11 Å². The monoisotopic (exact) mass is 250 g/mol. The third-order valence-electron chi connectivity index (χ3n) is 2.10. The summed E-state index contributed by atoms with van der Waals surface area (Å²) in [6.45, 7) is 2.55. The van der Waals surface area contributed by atoms with E-state index in [1.807, 2.05) is 13.0 Å². The highest BCUT2D eigenvalue weighted by molar-refractivity contribution is 5.82. The fourth-order valence-electron chi connectivity index (χ4n) is 1.32. The van der Waals surface area contributed by atoms with E-state index in [-0.39, 0.29) is 12.6 Å². The highest BCUT2D eigenvalue weighted by Crippen LogP contribution is 2.19. The molecule has 0 amide bonds. The van der Waals surface area contributed by atoms with E-state index < -0.39 is 0 Å². The predicted molar refractivity (Wildman–Crippen MR) is 71.6 cm³/mol. The molecule has 5 N–H and O–H groups in total. The maximum Gasteiger partial charge on any atom is 0.211 e. The molecule has 0 aliphatic carbocycles. The molecule has 98 valence electrons. The smallest absolute Gasteiger partial charge is 0.211 e. The molecule has 6 nitrogen and oxygen atoms in total. The summed E-state index contributed by atoms with van der Waals surface area (Å²) < 4.78 is 5.50. The third-order valence-corrected chi connectivity index (χ3v) is 2.10. The lowest BCUT2D eigenvalue weighted by molar-refractivity contribution is 0.263. The number of hydrogen-bond acceptors (Lipinski definition) is 4. The molecule has 0 unspecified atom stereocenters. The molecule has 0 aromatic heterocycles. The lowest BCUT2D eigenvalue weighted by Crippen LogP contribution is -2.21. The third kappa shape index (κ3) is 4.42. The van der Waals surface area contributed by atoms with E-state index in [0.717, 1.165) is 12.0 Å². The number of aliphatic hydroxyl groups is 1. The molecular weight excluding hydrogens is 232 g/mol. The van der Waals surface area contributed by atoms with E-state index in [1.165, 1.54) is 6.21 Å². The van der Waals surface area contributed by atoms with Crippen LogP contribution in [0.1, 0.15) is 24.5 Å². The van der Waals surface area contributed by atoms with Crippen LogP contribution in [0.3, 0.4) is 0 Å². The number of benzene rings is 1. The predicted octanol–water partition coefficient (Wildman–Crippen LogP) is 0.575. The minimum atomic E-state index is -0.100. The lowest BCUT2D eigenvalue weighted by atomic mass is 10.1. The molecule has 1 rings (SSSR count). The molecule has 0 saturated carbocycles. The SMILES string of the molecule is CCCOc1ccc(C=NN=C(N)N)cc1CO. The van der Waals surface area contributed by atoms with E-state index in [2.05, 4.69) is 10.2 Å². The minimum absolute atomic E-state index is 0.0942. The maximum absolute atomic E-state index is 9.26. The van der Waals surface area contributed by atoms with Crippen LogP contribution in [-0.4, -0.2) is 23.9 Å². The van der Waals surface area contributed by atoms with Gasteiger partial charge in [0.25, 0.3) is 0 Å². The van der Waals surface area contributed by atoms with Gasteiger partial charge in [0.15, 0.2) is 0 Å². The van der Waals surface area contributed by atoms with Crippen LogP contribution >= 0.6 is 0 Å². The Bertz CT molecular complexity index is 440. The normalized spacial score (nSPS) is 10.6. The summed E-state index contributed by atoms with van der Waals surface area (Å²) in [5, 5.41) is 16.5. The first-order chi connectivity index (χ1) is 8.67. The first kappa shape index (κ1) is 14.0. The molecule has 0 bridgehead atoms. The molecule has 6 heteroatoms. The summed E-state index contributed by atoms with van der Waals surface area (Å²) in [6, 6.07) is 5.38. The summed E-state index contributed by atoms with van der Waals surface area (Å²) >= 11 is 0. The molecule has 1 aromatic rings. The molecule has 0 spiro atoms. The summed E-state index contributed by atoms with van der Waals surface area (Å²) in [7, 11) is 0. The van der Waals surface area contributed by atoms with Gasteiger partial charge in [-0.05, 0) is 30.2 Å². The minimum Gasteiger partial charge on any atom is -0.493 e. The molecule has 18 heavy (non-hydrogen) atoms. The number of nitrogens with two attached hydrogens (primary N) is 2. The van der Waals surface area contributed by atoms with Crippen LogP contribution in [0.25, 0.3) is 0 Å². The van der Waals surface area contributed by atoms with Crippen molar-refractivity contribution < 1.29 is 9.84 Å². The second-order valence-electron chi connectivity index (χ2n) is 3.64. The Balaban J connectivity index is 2.84. The van der Waals surface area contributed by atoms with E-state index in [4.69, 9.17) is 16.2 Å². The van der Waals surface area contributed by atoms with Gasteiger partial charge in [0.2, 0.25) is 5.96 Å². The highest BCUT2D eigenvalue weighted by Gasteiger charge is 2.03. The van der Waals surface area contributed by atoms with Crippen LogP contribution < -0.4 is 16.2 Å². The van der Waals surface area contributed by atoms with Crippen molar-refractivity contribution in [3.8, 4) is 5.75 Å². The van der Waals surface area contributed by atoms with Gasteiger partial charge in [-0.1, -0.05) is 6.92 Å². The quantitative estimate of drug-likeness (QED) is 0.390. The Morgan fingerprint density at radius 2 is 2.22 bits per heavy atom. The summed E-state index contributed by atoms with van der Waals surface area (Å²) in [4.78, 5) is 0. The summed E-state index contributed by atoms with van der Waals surface area (Å²) in [6.07, 6.45) is 2.42. The number of rotatable bonds is 6. The Morgan fingerprint density at radius 1 is 1.44 bits per heavy atom. The van der Waals surface area contributed by atoms with Gasteiger partial charge in [-0.15, -0.1) is 5.10 Å². The molecule has 0 aliphatic rings. The molecule has 0 heterocycles. The van der Waals surface area contributed by atoms with Crippen molar-refractivity contribution >= 4 is 12.2 Å². The molecular formula is C12H18N4O2. The maximum atomic E-state index is 9.26. The van der Waals surface area contributed by atoms with Crippen LogP contribution in [0.4, 0.5) is 0 Å². The number of guanidine groups is 1. The van der Waals surface area contributed by atoms with Gasteiger partial charge < -0.3 is 21.3 Å². The van der Waals surface area contributed by atoms with Crippen molar-refractivity contribution in [2.24, 2.45) is 21.7 Å². The largest absolute Gasteiger partial charge is 0.493 e. The van der Waals surface area contributed by atoms with Crippen LogP contribution in [0.5, 0.6) is 5.75 Å². The van der Waals surface area contributed by atoms with Gasteiger partial charge in [-0.2, -0.15) is 5.10 Å². The van der Waals surface area contributed by atoms with E-state index >= 15 is 0 Å². The van der Waals surface area contributed by atoms with Crippen LogP contribution in [0, 0.1) is 0 Å². The van der Waals surface area contributed by atoms with Crippen molar-refractivity contribution in [3.05, 3.63) is 29.3 Å². The fourth-order valence-corrected chi connectivity index (χ4v) is 1.32. The van der Waals surface area contributed by atoms with Gasteiger partial charge in [0.1, 0.15) is 5.75 Å². The number of aliphatic hydroxyl groups excluding tert-OH is 1. The van der Waals surface area contributed by atoms with E-state index in [1.54, 1.807) is 12.1 Å². The zero-order valence-electron chi connectivity index (χ0n) is 10.3. The highest BCUT2D eigenvalue weighted by atomic mass is 16.5. The van der Waals surface area contributed by atoms with Crippen molar-refractivity contribution in [2.75, 3.05) is 6.61 Å². The average Bonchev–Trinajstić information content (AvgIpc) is 2.36. The van der Waals surface area contributed by atoms with Crippen molar-refractivity contribution in [1.29, 1.82) is 0 Å². The van der Waals surface area contributed by atoms with Crippen LogP contribution in [-0.2, 0) is 6.61 Å². The average molecular weight is 250 g/mol. The van der Waals surface area contributed by atoms with Crippen molar-refractivity contribution in [2.45, 2.75) is 20.0 Å². The standard InChI is InChI=1S/C12H18N4O2/c1-2-5-18-11-4-3-9(6-10(11)8-17)7-15-16-12(13)14/h3-4,6-7,17H,2,5,8H2,1H3,(H4,13,14,16). The molecule has 0 radical (unpaired) electrons. The summed E-state index contributed by atoms with van der Waals surface area (Å²) in [5.41, 5.74) is 11.8. The van der Waals surface area contributed by atoms with Gasteiger partial charge in [-0.25, -0.2) is 0 Å². The fraction of sp³-hybridized carbons (Fsp3) is 0.333. The zero-order chi connectivity index (χ0) is 13.4. The Kier molecular flexibility index (Phi) is 5.66. The topological polar surface area (TPSA) is 106 Å². The second-order valence-corrected chi connectivity index (χ2v) is 3.64. The summed E-state index contributed by atoms with van der Waals surface area (Å²) in [5.74, 6) is 0.579. The second kappa shape index (κ2) is 7.29. The van der Waals surface area contributed by atoms with Crippen molar-refractivity contribution in [1.82, 2.24) is 0 Å². The van der Waals surface area contributed by atoms with Crippen LogP contribution in [0.2, 0.25) is 0 Å². The van der Waals surface area contributed by atoms with Gasteiger partial charge in [0.05, 0.1) is 19.4 Å². The molecule has 0 atom stereocenters. The Labute approximate surface area is 106 Å². The van der Waals surface area contributed by atoms with Crippen LogP contribution in [0.15, 0.2) is 28.4 Å². The molecule has 0 aliphatic heterocycles.